The molecule has 1 aromatic heterocycles. The summed E-state index contributed by atoms with van der Waals surface area (Å²) < 4.78 is 0. The van der Waals surface area contributed by atoms with Gasteiger partial charge in [0.25, 0.3) is 0 Å². The van der Waals surface area contributed by atoms with Crippen LogP contribution in [-0.2, 0) is 0 Å². The molecule has 1 atom stereocenters. The number of hydrogen-bond donors (Lipinski definition) is 3. The lowest BCUT2D eigenvalue weighted by Crippen LogP contribution is -2.17. The Kier molecular flexibility index (Phi) is 6.67. The first-order valence-corrected chi connectivity index (χ1v) is 6.57. The Balaban J connectivity index is 2.60. The highest BCUT2D eigenvalue weighted by Crippen LogP contribution is 2.12. The third-order valence-electron chi connectivity index (χ3n) is 2.61. The molecule has 18 heavy (non-hydrogen) atoms. The van der Waals surface area contributed by atoms with Crippen molar-refractivity contribution < 1.29 is 5.11 Å². The predicted molar refractivity (Wildman–Crippen MR) is 73.0 cm³/mol. The van der Waals surface area contributed by atoms with Gasteiger partial charge < -0.3 is 15.7 Å². The van der Waals surface area contributed by atoms with Gasteiger partial charge in [-0.05, 0) is 30.9 Å². The monoisotopic (exact) mass is 273 g/mol. The van der Waals surface area contributed by atoms with Crippen LogP contribution in [0.4, 0.5) is 11.9 Å². The normalized spacial score (nSPS) is 12.2. The molecule has 3 N–H and O–H groups in total. The molecule has 0 aliphatic carbocycles. The fourth-order valence-electron chi connectivity index (χ4n) is 1.54. The minimum Gasteiger partial charge on any atom is -0.396 e. The van der Waals surface area contributed by atoms with Gasteiger partial charge in [-0.25, -0.2) is 0 Å². The summed E-state index contributed by atoms with van der Waals surface area (Å²) in [5.74, 6) is 1.32. The van der Waals surface area contributed by atoms with Gasteiger partial charge in [0.05, 0.1) is 0 Å². The minimum atomic E-state index is 0.165. The van der Waals surface area contributed by atoms with E-state index in [4.69, 9.17) is 16.7 Å². The van der Waals surface area contributed by atoms with E-state index in [1.54, 1.807) is 0 Å². The predicted octanol–water partition coefficient (Wildman–Crippen LogP) is 1.78. The molecular weight excluding hydrogens is 254 g/mol. The lowest BCUT2D eigenvalue weighted by atomic mass is 10.0. The van der Waals surface area contributed by atoms with Crippen LogP contribution in [-0.4, -0.2) is 39.8 Å². The first kappa shape index (κ1) is 14.9. The van der Waals surface area contributed by atoms with Gasteiger partial charge in [-0.1, -0.05) is 13.3 Å². The Hall–Kier alpha value is -1.14. The van der Waals surface area contributed by atoms with Crippen molar-refractivity contribution in [3.63, 3.8) is 0 Å². The molecule has 0 saturated heterocycles. The zero-order chi connectivity index (χ0) is 13.4. The van der Waals surface area contributed by atoms with E-state index in [0.717, 1.165) is 19.4 Å². The Bertz CT molecular complexity index is 363. The molecule has 0 fully saturated rings. The molecule has 0 spiro atoms. The molecule has 7 heteroatoms. The van der Waals surface area contributed by atoms with Gasteiger partial charge in [-0.2, -0.15) is 15.0 Å². The molecular formula is C11H20ClN5O. The fourth-order valence-corrected chi connectivity index (χ4v) is 1.70. The van der Waals surface area contributed by atoms with Gasteiger partial charge in [-0.3, -0.25) is 0 Å². The van der Waals surface area contributed by atoms with Crippen molar-refractivity contribution in [1.29, 1.82) is 0 Å². The minimum absolute atomic E-state index is 0.165. The summed E-state index contributed by atoms with van der Waals surface area (Å²) in [6.45, 7) is 5.68. The van der Waals surface area contributed by atoms with Crippen molar-refractivity contribution in [2.24, 2.45) is 5.92 Å². The average Bonchev–Trinajstić information content (AvgIpc) is 2.34. The number of nitrogens with one attached hydrogen (secondary N) is 2. The van der Waals surface area contributed by atoms with E-state index >= 15 is 0 Å². The number of aliphatic hydroxyl groups excluding tert-OH is 1. The maximum atomic E-state index is 8.92. The average molecular weight is 274 g/mol. The largest absolute Gasteiger partial charge is 0.396 e. The molecule has 6 nitrogen and oxygen atoms in total. The van der Waals surface area contributed by atoms with Crippen molar-refractivity contribution in [2.75, 3.05) is 30.3 Å². The van der Waals surface area contributed by atoms with E-state index < -0.39 is 0 Å². The lowest BCUT2D eigenvalue weighted by Gasteiger charge is -2.14. The van der Waals surface area contributed by atoms with E-state index in [0.29, 0.717) is 24.4 Å². The fraction of sp³-hybridized carbons (Fsp3) is 0.727. The highest BCUT2D eigenvalue weighted by Gasteiger charge is 2.08. The van der Waals surface area contributed by atoms with Gasteiger partial charge >= 0.3 is 0 Å². The molecule has 1 rings (SSSR count). The number of aromatic nitrogens is 3. The second-order valence-corrected chi connectivity index (χ2v) is 4.29. The van der Waals surface area contributed by atoms with Gasteiger partial charge in [0, 0.05) is 19.7 Å². The highest BCUT2D eigenvalue weighted by molar-refractivity contribution is 6.28. The van der Waals surface area contributed by atoms with Crippen molar-refractivity contribution in [2.45, 2.75) is 26.7 Å². The molecule has 0 bridgehead atoms. The molecule has 0 saturated carbocycles. The van der Waals surface area contributed by atoms with Crippen molar-refractivity contribution in [3.05, 3.63) is 5.28 Å². The van der Waals surface area contributed by atoms with Crippen LogP contribution >= 0.6 is 11.6 Å². The Morgan fingerprint density at radius 3 is 2.39 bits per heavy atom. The summed E-state index contributed by atoms with van der Waals surface area (Å²) in [7, 11) is 0. The topological polar surface area (TPSA) is 83.0 Å². The molecule has 1 heterocycles. The number of rotatable bonds is 8. The van der Waals surface area contributed by atoms with E-state index in [9.17, 15) is 0 Å². The van der Waals surface area contributed by atoms with Crippen LogP contribution < -0.4 is 10.6 Å². The SMILES string of the molecule is CCNc1nc(Cl)nc(NCC(CC)CCO)n1. The van der Waals surface area contributed by atoms with Crippen LogP contribution in [0, 0.1) is 5.92 Å². The molecule has 1 unspecified atom stereocenters. The molecule has 0 aromatic carbocycles. The summed E-state index contributed by atoms with van der Waals surface area (Å²) in [4.78, 5) is 12.2. The maximum absolute atomic E-state index is 8.92. The van der Waals surface area contributed by atoms with Crippen LogP contribution in [0.25, 0.3) is 0 Å². The van der Waals surface area contributed by atoms with Gasteiger partial charge in [0.1, 0.15) is 0 Å². The third kappa shape index (κ3) is 5.01. The molecule has 0 aliphatic heterocycles. The van der Waals surface area contributed by atoms with Gasteiger partial charge in [0.2, 0.25) is 17.2 Å². The summed E-state index contributed by atoms with van der Waals surface area (Å²) in [6, 6.07) is 0. The lowest BCUT2D eigenvalue weighted by molar-refractivity contribution is 0.258. The third-order valence-corrected chi connectivity index (χ3v) is 2.78. The number of aliphatic hydroxyl groups is 1. The first-order chi connectivity index (χ1) is 8.69. The molecule has 0 amide bonds. The summed E-state index contributed by atoms with van der Waals surface area (Å²) in [6.07, 6.45) is 1.76. The van der Waals surface area contributed by atoms with Crippen LogP contribution in [0.3, 0.4) is 0 Å². The molecule has 102 valence electrons. The van der Waals surface area contributed by atoms with Crippen LogP contribution in [0.5, 0.6) is 0 Å². The molecule has 0 radical (unpaired) electrons. The Labute approximate surface area is 112 Å². The van der Waals surface area contributed by atoms with E-state index in [-0.39, 0.29) is 11.9 Å². The molecule has 1 aromatic rings. The zero-order valence-corrected chi connectivity index (χ0v) is 11.5. The van der Waals surface area contributed by atoms with E-state index in [1.807, 2.05) is 6.92 Å². The standard InChI is InChI=1S/C11H20ClN5O/c1-3-8(5-6-18)7-14-11-16-9(12)15-10(17-11)13-4-2/h8,18H,3-7H2,1-2H3,(H2,13,14,15,16,17). The summed E-state index contributed by atoms with van der Waals surface area (Å²) in [5, 5.41) is 15.2. The second-order valence-electron chi connectivity index (χ2n) is 3.95. The van der Waals surface area contributed by atoms with Gasteiger partial charge in [0.15, 0.2) is 0 Å². The zero-order valence-electron chi connectivity index (χ0n) is 10.8. The Morgan fingerprint density at radius 2 is 1.83 bits per heavy atom. The van der Waals surface area contributed by atoms with Crippen LogP contribution in [0.15, 0.2) is 0 Å². The summed E-state index contributed by atoms with van der Waals surface area (Å²) >= 11 is 5.81. The van der Waals surface area contributed by atoms with Crippen molar-refractivity contribution >= 4 is 23.5 Å². The second kappa shape index (κ2) is 8.05. The van der Waals surface area contributed by atoms with E-state index in [1.165, 1.54) is 0 Å². The number of nitrogens with zero attached hydrogens (tertiary/aromatic N) is 3. The van der Waals surface area contributed by atoms with Crippen LogP contribution in [0.1, 0.15) is 26.7 Å². The van der Waals surface area contributed by atoms with Gasteiger partial charge in [-0.15, -0.1) is 0 Å². The number of halogens is 1. The van der Waals surface area contributed by atoms with E-state index in [2.05, 4.69) is 32.5 Å². The Morgan fingerprint density at radius 1 is 1.17 bits per heavy atom. The smallest absolute Gasteiger partial charge is 0.228 e. The summed E-state index contributed by atoms with van der Waals surface area (Å²) in [5.41, 5.74) is 0. The maximum Gasteiger partial charge on any atom is 0.228 e. The van der Waals surface area contributed by atoms with Crippen LogP contribution in [0.2, 0.25) is 5.28 Å². The number of hydrogen-bond acceptors (Lipinski definition) is 6. The quantitative estimate of drug-likeness (QED) is 0.670. The highest BCUT2D eigenvalue weighted by atomic mass is 35.5. The number of anilines is 2. The van der Waals surface area contributed by atoms with Crippen molar-refractivity contribution in [1.82, 2.24) is 15.0 Å². The van der Waals surface area contributed by atoms with Crippen molar-refractivity contribution in [3.8, 4) is 0 Å². The molecule has 0 aliphatic rings. The first-order valence-electron chi connectivity index (χ1n) is 6.19.